The molecule has 65 heavy (non-hydrogen) atoms. The molecule has 0 spiro atoms. The van der Waals surface area contributed by atoms with Crippen molar-refractivity contribution < 1.29 is 42.1 Å². The molecule has 0 aliphatic rings. The van der Waals surface area contributed by atoms with Gasteiger partial charge in [0.05, 0.1) is 27.7 Å². The van der Waals surface area contributed by atoms with Crippen LogP contribution in [0.1, 0.15) is 251 Å². The van der Waals surface area contributed by atoms with Crippen molar-refractivity contribution in [1.29, 1.82) is 0 Å². The molecule has 0 N–H and O–H groups in total. The zero-order valence-electron chi connectivity index (χ0n) is 43.2. The number of carbonyl (C=O) groups excluding carboxylic acids is 2. The summed E-state index contributed by atoms with van der Waals surface area (Å²) in [5.41, 5.74) is 0. The second-order valence-electron chi connectivity index (χ2n) is 19.6. The van der Waals surface area contributed by atoms with Crippen LogP contribution in [0.25, 0.3) is 0 Å². The molecule has 9 nitrogen and oxygen atoms in total. The van der Waals surface area contributed by atoms with Gasteiger partial charge in [-0.15, -0.1) is 0 Å². The summed E-state index contributed by atoms with van der Waals surface area (Å²) < 4.78 is 34.0. The molecule has 0 bridgehead atoms. The molecule has 0 aliphatic carbocycles. The number of phosphoric ester groups is 1. The number of hydrogen-bond acceptors (Lipinski definition) is 8. The van der Waals surface area contributed by atoms with E-state index in [-0.39, 0.29) is 32.0 Å². The molecular formula is C55H104NO8P. The number of phosphoric acid groups is 1. The van der Waals surface area contributed by atoms with Crippen molar-refractivity contribution >= 4 is 19.8 Å². The first-order valence-corrected chi connectivity index (χ1v) is 28.7. The molecule has 0 amide bonds. The quantitative estimate of drug-likeness (QED) is 0.0195. The number of hydrogen-bond donors (Lipinski definition) is 0. The minimum atomic E-state index is -4.63. The van der Waals surface area contributed by atoms with Crippen LogP contribution in [0.5, 0.6) is 0 Å². The number of quaternary nitrogens is 1. The lowest BCUT2D eigenvalue weighted by atomic mass is 10.0. The average Bonchev–Trinajstić information content (AvgIpc) is 3.26. The Morgan fingerprint density at radius 1 is 0.477 bits per heavy atom. The number of nitrogens with zero attached hydrogens (tertiary/aromatic N) is 1. The Labute approximate surface area is 401 Å². The Morgan fingerprint density at radius 3 is 1.23 bits per heavy atom. The van der Waals surface area contributed by atoms with Crippen molar-refractivity contribution in [2.75, 3.05) is 47.5 Å². The smallest absolute Gasteiger partial charge is 0.306 e. The van der Waals surface area contributed by atoms with Crippen LogP contribution in [-0.4, -0.2) is 70.0 Å². The summed E-state index contributed by atoms with van der Waals surface area (Å²) in [6.45, 7) is 4.24. The van der Waals surface area contributed by atoms with Gasteiger partial charge in [0.2, 0.25) is 0 Å². The summed E-state index contributed by atoms with van der Waals surface area (Å²) >= 11 is 0. The number of ether oxygens (including phenoxy) is 2. The van der Waals surface area contributed by atoms with E-state index in [4.69, 9.17) is 18.5 Å². The molecule has 2 unspecified atom stereocenters. The maximum absolute atomic E-state index is 12.8. The van der Waals surface area contributed by atoms with E-state index in [1.54, 1.807) is 0 Å². The molecule has 2 atom stereocenters. The first-order chi connectivity index (χ1) is 31.5. The topological polar surface area (TPSA) is 111 Å². The minimum Gasteiger partial charge on any atom is -0.756 e. The fourth-order valence-electron chi connectivity index (χ4n) is 7.66. The van der Waals surface area contributed by atoms with Crippen LogP contribution < -0.4 is 4.89 Å². The van der Waals surface area contributed by atoms with Gasteiger partial charge in [-0.2, -0.15) is 0 Å². The van der Waals surface area contributed by atoms with E-state index in [9.17, 15) is 19.0 Å². The molecule has 0 aromatic rings. The summed E-state index contributed by atoms with van der Waals surface area (Å²) in [5, 5.41) is 0. The molecule has 0 saturated carbocycles. The Bertz CT molecular complexity index is 1200. The molecule has 0 aromatic carbocycles. The number of esters is 2. The van der Waals surface area contributed by atoms with Crippen molar-refractivity contribution in [1.82, 2.24) is 0 Å². The molecule has 0 saturated heterocycles. The van der Waals surface area contributed by atoms with Crippen LogP contribution in [0.2, 0.25) is 0 Å². The van der Waals surface area contributed by atoms with Crippen LogP contribution in [0.15, 0.2) is 36.5 Å². The van der Waals surface area contributed by atoms with Crippen LogP contribution >= 0.6 is 7.82 Å². The van der Waals surface area contributed by atoms with Crippen molar-refractivity contribution in [3.05, 3.63) is 36.5 Å². The molecule has 0 aliphatic heterocycles. The summed E-state index contributed by atoms with van der Waals surface area (Å²) in [5.74, 6) is -0.825. The van der Waals surface area contributed by atoms with E-state index in [1.807, 2.05) is 21.1 Å². The monoisotopic (exact) mass is 938 g/mol. The first-order valence-electron chi connectivity index (χ1n) is 27.2. The minimum absolute atomic E-state index is 0.0291. The lowest BCUT2D eigenvalue weighted by Crippen LogP contribution is -2.37. The van der Waals surface area contributed by atoms with Gasteiger partial charge in [-0.3, -0.25) is 14.2 Å². The van der Waals surface area contributed by atoms with E-state index in [1.165, 1.54) is 167 Å². The Morgan fingerprint density at radius 2 is 0.831 bits per heavy atom. The van der Waals surface area contributed by atoms with Crippen molar-refractivity contribution in [2.24, 2.45) is 0 Å². The summed E-state index contributed by atoms with van der Waals surface area (Å²) in [4.78, 5) is 37.7. The van der Waals surface area contributed by atoms with Crippen LogP contribution in [0.4, 0.5) is 0 Å². The van der Waals surface area contributed by atoms with E-state index in [2.05, 4.69) is 50.3 Å². The predicted octanol–water partition coefficient (Wildman–Crippen LogP) is 15.8. The second kappa shape index (κ2) is 47.3. The van der Waals surface area contributed by atoms with Crippen molar-refractivity contribution in [3.63, 3.8) is 0 Å². The second-order valence-corrected chi connectivity index (χ2v) is 21.0. The number of likely N-dealkylation sites (N-methyl/N-ethyl adjacent to an activating group) is 1. The Kier molecular flexibility index (Phi) is 46.0. The van der Waals surface area contributed by atoms with Crippen LogP contribution in [0, 0.1) is 0 Å². The van der Waals surface area contributed by atoms with Gasteiger partial charge in [-0.05, 0) is 51.4 Å². The van der Waals surface area contributed by atoms with Crippen LogP contribution in [-0.2, 0) is 32.7 Å². The number of unbranched alkanes of at least 4 members (excludes halogenated alkanes) is 30. The largest absolute Gasteiger partial charge is 0.756 e. The third-order valence-corrected chi connectivity index (χ3v) is 12.9. The van der Waals surface area contributed by atoms with E-state index >= 15 is 0 Å². The first kappa shape index (κ1) is 63.2. The molecule has 10 heteroatoms. The third-order valence-electron chi connectivity index (χ3n) is 11.9. The Hall–Kier alpha value is -1.77. The molecule has 0 aromatic heterocycles. The van der Waals surface area contributed by atoms with E-state index < -0.39 is 26.5 Å². The van der Waals surface area contributed by atoms with Gasteiger partial charge in [0.25, 0.3) is 7.82 Å². The highest BCUT2D eigenvalue weighted by molar-refractivity contribution is 7.45. The molecule has 0 fully saturated rings. The maximum atomic E-state index is 12.8. The van der Waals surface area contributed by atoms with Gasteiger partial charge in [-0.1, -0.05) is 224 Å². The molecule has 382 valence electrons. The third kappa shape index (κ3) is 51.5. The summed E-state index contributed by atoms with van der Waals surface area (Å²) in [6, 6.07) is 0. The lowest BCUT2D eigenvalue weighted by Gasteiger charge is -2.28. The molecule has 0 rings (SSSR count). The van der Waals surface area contributed by atoms with Gasteiger partial charge in [0.1, 0.15) is 19.8 Å². The van der Waals surface area contributed by atoms with Gasteiger partial charge in [0.15, 0.2) is 6.10 Å². The molecule has 0 heterocycles. The summed E-state index contributed by atoms with van der Waals surface area (Å²) in [7, 11) is 1.17. The van der Waals surface area contributed by atoms with Crippen molar-refractivity contribution in [2.45, 2.75) is 258 Å². The number of rotatable bonds is 50. The normalized spacial score (nSPS) is 13.6. The molecular weight excluding hydrogens is 834 g/mol. The highest BCUT2D eigenvalue weighted by Gasteiger charge is 2.21. The highest BCUT2D eigenvalue weighted by Crippen LogP contribution is 2.38. The van der Waals surface area contributed by atoms with Gasteiger partial charge >= 0.3 is 11.9 Å². The zero-order valence-corrected chi connectivity index (χ0v) is 44.1. The number of allylic oxidation sites excluding steroid dienone is 6. The van der Waals surface area contributed by atoms with Gasteiger partial charge < -0.3 is 27.9 Å². The SMILES string of the molecule is CCCCCCC/C=C\C/C=C\C/C=C\CCCCCCCCCCCCCCCCC(=O)OC(COC(=O)CCCCCCCCCCCCCC)COP(=O)([O-])OCC[N+](C)(C)C. The fraction of sp³-hybridized carbons (Fsp3) is 0.855. The zero-order chi connectivity index (χ0) is 47.8. The lowest BCUT2D eigenvalue weighted by molar-refractivity contribution is -0.870. The summed E-state index contributed by atoms with van der Waals surface area (Å²) in [6.07, 6.45) is 56.2. The average molecular weight is 938 g/mol. The highest BCUT2D eigenvalue weighted by atomic mass is 31.2. The maximum Gasteiger partial charge on any atom is 0.306 e. The number of carbonyl (C=O) groups is 2. The van der Waals surface area contributed by atoms with E-state index in [0.29, 0.717) is 17.4 Å². The molecule has 0 radical (unpaired) electrons. The van der Waals surface area contributed by atoms with Gasteiger partial charge in [-0.25, -0.2) is 0 Å². The fourth-order valence-corrected chi connectivity index (χ4v) is 8.39. The van der Waals surface area contributed by atoms with Crippen LogP contribution in [0.3, 0.4) is 0 Å². The predicted molar refractivity (Wildman–Crippen MR) is 273 cm³/mol. The standard InChI is InChI=1S/C55H104NO8P/c1-6-8-10-12-14-16-18-20-21-22-23-24-25-26-27-28-29-30-31-32-33-34-35-36-38-40-42-44-46-48-55(58)64-53(52-63-65(59,60)62-50-49-56(3,4)5)51-61-54(57)47-45-43-41-39-37-19-17-15-13-11-9-7-2/h18,20,22-23,25-26,53H,6-17,19,21,24,27-52H2,1-5H3/b20-18-,23-22-,26-25-. The van der Waals surface area contributed by atoms with Gasteiger partial charge in [0, 0.05) is 12.8 Å². The van der Waals surface area contributed by atoms with E-state index in [0.717, 1.165) is 51.4 Å². The Balaban J connectivity index is 4.08. The van der Waals surface area contributed by atoms with Crippen molar-refractivity contribution in [3.8, 4) is 0 Å².